The molecule has 3 rings (SSSR count). The third kappa shape index (κ3) is 4.17. The van der Waals surface area contributed by atoms with Gasteiger partial charge in [0.1, 0.15) is 17.8 Å². The second-order valence-corrected chi connectivity index (χ2v) is 6.68. The summed E-state index contributed by atoms with van der Waals surface area (Å²) in [6.45, 7) is 3.99. The molecule has 1 fully saturated rings. The van der Waals surface area contributed by atoms with Crippen LogP contribution in [0.1, 0.15) is 0 Å². The molecule has 1 aliphatic rings. The molecule has 0 atom stereocenters. The van der Waals surface area contributed by atoms with Gasteiger partial charge in [0.2, 0.25) is 0 Å². The summed E-state index contributed by atoms with van der Waals surface area (Å²) in [7, 11) is 0. The van der Waals surface area contributed by atoms with E-state index < -0.39 is 5.82 Å². The fourth-order valence-electron chi connectivity index (χ4n) is 2.78. The minimum absolute atomic E-state index is 0.155. The zero-order valence-electron chi connectivity index (χ0n) is 13.6. The molecule has 0 spiro atoms. The Kier molecular flexibility index (Phi) is 5.67. The molecule has 0 amide bonds. The summed E-state index contributed by atoms with van der Waals surface area (Å²) in [6.07, 6.45) is 1.42. The van der Waals surface area contributed by atoms with E-state index in [4.69, 9.17) is 10.8 Å². The summed E-state index contributed by atoms with van der Waals surface area (Å²) in [5.74, 6) is 0.620. The number of aliphatic hydroxyl groups is 1. The van der Waals surface area contributed by atoms with Crippen LogP contribution in [0.15, 0.2) is 29.0 Å². The molecule has 1 aliphatic heterocycles. The van der Waals surface area contributed by atoms with E-state index in [1.807, 2.05) is 0 Å². The molecular weight excluding hydrogens is 391 g/mol. The van der Waals surface area contributed by atoms with E-state index >= 15 is 0 Å². The summed E-state index contributed by atoms with van der Waals surface area (Å²) >= 11 is 3.23. The number of nitrogens with two attached hydrogens (primary N) is 1. The van der Waals surface area contributed by atoms with Gasteiger partial charge >= 0.3 is 0 Å². The number of halogens is 2. The topological polar surface area (TPSA) is 90.5 Å². The summed E-state index contributed by atoms with van der Waals surface area (Å²) in [6, 6.07) is 4.74. The van der Waals surface area contributed by atoms with Crippen LogP contribution in [-0.2, 0) is 0 Å². The Morgan fingerprint density at radius 2 is 2.00 bits per heavy atom. The number of β-amino-alcohol motifs (C(OH)–C–C–N with tert-alkyl or cyclic N) is 1. The number of nitrogens with zero attached hydrogens (tertiary/aromatic N) is 4. The number of benzene rings is 1. The summed E-state index contributed by atoms with van der Waals surface area (Å²) < 4.78 is 14.7. The first-order chi connectivity index (χ1) is 12.1. The Labute approximate surface area is 153 Å². The average Bonchev–Trinajstić information content (AvgIpc) is 2.60. The third-order valence-electron chi connectivity index (χ3n) is 4.14. The summed E-state index contributed by atoms with van der Waals surface area (Å²) in [5.41, 5.74) is 6.91. The summed E-state index contributed by atoms with van der Waals surface area (Å²) in [5, 5.41) is 12.0. The molecule has 1 saturated heterocycles. The minimum Gasteiger partial charge on any atom is -0.395 e. The third-order valence-corrected chi connectivity index (χ3v) is 4.63. The number of hydrogen-bond donors (Lipinski definition) is 3. The van der Waals surface area contributed by atoms with Gasteiger partial charge in [-0.2, -0.15) is 0 Å². The zero-order chi connectivity index (χ0) is 17.8. The lowest BCUT2D eigenvalue weighted by Gasteiger charge is -2.35. The molecule has 0 saturated carbocycles. The van der Waals surface area contributed by atoms with Gasteiger partial charge in [0.15, 0.2) is 11.6 Å². The van der Waals surface area contributed by atoms with Gasteiger partial charge in [0, 0.05) is 37.2 Å². The van der Waals surface area contributed by atoms with Crippen LogP contribution in [0.4, 0.5) is 27.4 Å². The number of piperazine rings is 1. The first-order valence-electron chi connectivity index (χ1n) is 7.99. The van der Waals surface area contributed by atoms with E-state index in [1.165, 1.54) is 12.4 Å². The van der Waals surface area contributed by atoms with Crippen LogP contribution < -0.4 is 16.0 Å². The number of nitrogens with one attached hydrogen (secondary N) is 1. The van der Waals surface area contributed by atoms with Crippen molar-refractivity contribution in [1.82, 2.24) is 14.9 Å². The normalized spacial score (nSPS) is 15.4. The largest absolute Gasteiger partial charge is 0.395 e. The van der Waals surface area contributed by atoms with Crippen molar-refractivity contribution in [2.24, 2.45) is 0 Å². The number of aromatic nitrogens is 2. The van der Waals surface area contributed by atoms with E-state index in [0.29, 0.717) is 34.0 Å². The number of nitrogen functional groups attached to an aromatic ring is 1. The van der Waals surface area contributed by atoms with E-state index in [1.54, 1.807) is 12.1 Å². The van der Waals surface area contributed by atoms with Crippen LogP contribution in [-0.4, -0.2) is 59.3 Å². The SMILES string of the molecule is Nc1c(Nc2ccc(Br)cc2F)ncnc1N1CCN(CCO)CC1. The van der Waals surface area contributed by atoms with E-state index in [9.17, 15) is 4.39 Å². The van der Waals surface area contributed by atoms with Crippen molar-refractivity contribution < 1.29 is 9.50 Å². The lowest BCUT2D eigenvalue weighted by molar-refractivity contribution is 0.188. The maximum atomic E-state index is 14.0. The first-order valence-corrected chi connectivity index (χ1v) is 8.78. The minimum atomic E-state index is -0.397. The van der Waals surface area contributed by atoms with Crippen LogP contribution >= 0.6 is 15.9 Å². The predicted octanol–water partition coefficient (Wildman–Crippen LogP) is 1.82. The molecule has 9 heteroatoms. The quantitative estimate of drug-likeness (QED) is 0.692. The van der Waals surface area contributed by atoms with Crippen molar-refractivity contribution >= 4 is 38.9 Å². The number of anilines is 4. The molecule has 1 aromatic carbocycles. The molecule has 0 bridgehead atoms. The molecular formula is C16H20BrFN6O. The maximum absolute atomic E-state index is 14.0. The van der Waals surface area contributed by atoms with E-state index in [0.717, 1.165) is 26.2 Å². The van der Waals surface area contributed by atoms with Gasteiger partial charge in [-0.3, -0.25) is 4.90 Å². The van der Waals surface area contributed by atoms with Gasteiger partial charge in [-0.1, -0.05) is 15.9 Å². The highest BCUT2D eigenvalue weighted by atomic mass is 79.9. The highest BCUT2D eigenvalue weighted by Gasteiger charge is 2.21. The monoisotopic (exact) mass is 410 g/mol. The first kappa shape index (κ1) is 17.8. The van der Waals surface area contributed by atoms with Crippen LogP contribution in [0.25, 0.3) is 0 Å². The predicted molar refractivity (Wildman–Crippen MR) is 99.6 cm³/mol. The van der Waals surface area contributed by atoms with Gasteiger partial charge in [0.05, 0.1) is 12.3 Å². The van der Waals surface area contributed by atoms with Gasteiger partial charge in [-0.15, -0.1) is 0 Å². The molecule has 0 unspecified atom stereocenters. The van der Waals surface area contributed by atoms with Crippen molar-refractivity contribution in [3.63, 3.8) is 0 Å². The molecule has 0 radical (unpaired) electrons. The molecule has 0 aliphatic carbocycles. The average molecular weight is 411 g/mol. The molecule has 2 aromatic rings. The Morgan fingerprint density at radius 3 is 2.68 bits per heavy atom. The number of hydrogen-bond acceptors (Lipinski definition) is 7. The van der Waals surface area contributed by atoms with Crippen molar-refractivity contribution in [2.75, 3.05) is 55.3 Å². The Morgan fingerprint density at radius 1 is 1.24 bits per heavy atom. The van der Waals surface area contributed by atoms with Crippen LogP contribution in [0, 0.1) is 5.82 Å². The van der Waals surface area contributed by atoms with E-state index in [-0.39, 0.29) is 6.61 Å². The molecule has 25 heavy (non-hydrogen) atoms. The van der Waals surface area contributed by atoms with Crippen LogP contribution in [0.2, 0.25) is 0 Å². The van der Waals surface area contributed by atoms with Gasteiger partial charge in [0.25, 0.3) is 0 Å². The fourth-order valence-corrected chi connectivity index (χ4v) is 3.11. The Bertz CT molecular complexity index is 739. The molecule has 7 nitrogen and oxygen atoms in total. The second-order valence-electron chi connectivity index (χ2n) is 5.76. The molecule has 2 heterocycles. The Hall–Kier alpha value is -1.97. The summed E-state index contributed by atoms with van der Waals surface area (Å²) in [4.78, 5) is 12.7. The van der Waals surface area contributed by atoms with Crippen LogP contribution in [0.5, 0.6) is 0 Å². The number of aliphatic hydroxyl groups excluding tert-OH is 1. The van der Waals surface area contributed by atoms with Crippen molar-refractivity contribution in [3.8, 4) is 0 Å². The standard InChI is InChI=1S/C16H20BrFN6O/c17-11-1-2-13(12(18)9-11)22-15-14(19)16(21-10-20-15)24-5-3-23(4-6-24)7-8-25/h1-2,9-10,25H,3-8,19H2,(H,20,21,22). The molecule has 134 valence electrons. The van der Waals surface area contributed by atoms with Crippen molar-refractivity contribution in [1.29, 1.82) is 0 Å². The second kappa shape index (κ2) is 7.94. The lowest BCUT2D eigenvalue weighted by Crippen LogP contribution is -2.47. The van der Waals surface area contributed by atoms with Crippen molar-refractivity contribution in [3.05, 3.63) is 34.8 Å². The van der Waals surface area contributed by atoms with Crippen molar-refractivity contribution in [2.45, 2.75) is 0 Å². The number of rotatable bonds is 5. The maximum Gasteiger partial charge on any atom is 0.159 e. The highest BCUT2D eigenvalue weighted by molar-refractivity contribution is 9.10. The lowest BCUT2D eigenvalue weighted by atomic mass is 10.2. The molecule has 1 aromatic heterocycles. The highest BCUT2D eigenvalue weighted by Crippen LogP contribution is 2.30. The fraction of sp³-hybridized carbons (Fsp3) is 0.375. The molecule has 4 N–H and O–H groups in total. The van der Waals surface area contributed by atoms with E-state index in [2.05, 4.69) is 41.0 Å². The van der Waals surface area contributed by atoms with Gasteiger partial charge < -0.3 is 21.1 Å². The van der Waals surface area contributed by atoms with Crippen LogP contribution in [0.3, 0.4) is 0 Å². The van der Waals surface area contributed by atoms with Gasteiger partial charge in [-0.05, 0) is 18.2 Å². The smallest absolute Gasteiger partial charge is 0.159 e. The zero-order valence-corrected chi connectivity index (χ0v) is 15.2. The Balaban J connectivity index is 1.76. The van der Waals surface area contributed by atoms with Gasteiger partial charge in [-0.25, -0.2) is 14.4 Å².